The van der Waals surface area contributed by atoms with Gasteiger partial charge >= 0.3 is 0 Å². The second-order valence-corrected chi connectivity index (χ2v) is 7.24. The van der Waals surface area contributed by atoms with E-state index in [4.69, 9.17) is 22.1 Å². The number of amides is 1. The molecule has 3 rings (SSSR count). The van der Waals surface area contributed by atoms with Gasteiger partial charge in [-0.3, -0.25) is 4.79 Å². The molecule has 0 aromatic heterocycles. The van der Waals surface area contributed by atoms with Crippen molar-refractivity contribution < 1.29 is 9.53 Å². The van der Waals surface area contributed by atoms with E-state index in [9.17, 15) is 4.79 Å². The minimum atomic E-state index is -0.345. The van der Waals surface area contributed by atoms with Crippen LogP contribution in [0.15, 0.2) is 24.3 Å². The molecule has 0 bridgehead atoms. The van der Waals surface area contributed by atoms with Gasteiger partial charge in [0.15, 0.2) is 0 Å². The zero-order chi connectivity index (χ0) is 16.3. The van der Waals surface area contributed by atoms with Gasteiger partial charge in [-0.15, -0.1) is 12.4 Å². The fraction of sp³-hybridized carbons (Fsp3) is 0.611. The molecule has 1 saturated heterocycles. The number of carbonyl (C=O) groups is 1. The van der Waals surface area contributed by atoms with Gasteiger partial charge in [-0.25, -0.2) is 0 Å². The molecule has 6 heteroatoms. The summed E-state index contributed by atoms with van der Waals surface area (Å²) in [5.41, 5.74) is 6.87. The number of nitrogens with two attached hydrogens (primary N) is 1. The molecule has 1 aliphatic carbocycles. The van der Waals surface area contributed by atoms with E-state index in [1.807, 2.05) is 24.3 Å². The number of rotatable bonds is 4. The molecule has 0 radical (unpaired) electrons. The summed E-state index contributed by atoms with van der Waals surface area (Å²) in [6.07, 6.45) is 5.33. The highest BCUT2D eigenvalue weighted by Crippen LogP contribution is 2.34. The number of benzene rings is 1. The minimum absolute atomic E-state index is 0. The standard InChI is InChI=1S/C18H25ClN2O2.ClH/c19-15-6-4-14(5-7-15)18(8-10-23-11-9-18)21-17(22)12-13-2-1-3-16(13)20;/h4-7,13,16H,1-3,8-12,20H2,(H,21,22);1H/t13-,16+;/m0./s1. The van der Waals surface area contributed by atoms with Gasteiger partial charge in [-0.1, -0.05) is 30.2 Å². The largest absolute Gasteiger partial charge is 0.381 e. The summed E-state index contributed by atoms with van der Waals surface area (Å²) in [7, 11) is 0. The first kappa shape index (κ1) is 19.5. The van der Waals surface area contributed by atoms with Gasteiger partial charge < -0.3 is 15.8 Å². The molecular weight excluding hydrogens is 347 g/mol. The van der Waals surface area contributed by atoms with Crippen molar-refractivity contribution in [1.82, 2.24) is 5.32 Å². The summed E-state index contributed by atoms with van der Waals surface area (Å²) in [5, 5.41) is 4.01. The third-order valence-electron chi connectivity index (χ3n) is 5.29. The molecule has 1 heterocycles. The summed E-state index contributed by atoms with van der Waals surface area (Å²) in [5.74, 6) is 0.418. The number of carbonyl (C=O) groups excluding carboxylic acids is 1. The maximum absolute atomic E-state index is 12.6. The van der Waals surface area contributed by atoms with E-state index >= 15 is 0 Å². The Bertz CT molecular complexity index is 544. The molecule has 3 N–H and O–H groups in total. The van der Waals surface area contributed by atoms with Crippen LogP contribution in [0.5, 0.6) is 0 Å². The third kappa shape index (κ3) is 4.42. The Morgan fingerprint density at radius 1 is 1.25 bits per heavy atom. The summed E-state index contributed by atoms with van der Waals surface area (Å²) in [6, 6.07) is 7.95. The second-order valence-electron chi connectivity index (χ2n) is 6.81. The average molecular weight is 373 g/mol. The van der Waals surface area contributed by atoms with Crippen molar-refractivity contribution >= 4 is 29.9 Å². The molecule has 1 aliphatic heterocycles. The lowest BCUT2D eigenvalue weighted by Gasteiger charge is -2.39. The van der Waals surface area contributed by atoms with Crippen LogP contribution in [0.25, 0.3) is 0 Å². The van der Waals surface area contributed by atoms with Crippen molar-refractivity contribution in [2.24, 2.45) is 11.7 Å². The first-order valence-electron chi connectivity index (χ1n) is 8.49. The number of hydrogen-bond donors (Lipinski definition) is 2. The van der Waals surface area contributed by atoms with Crippen molar-refractivity contribution in [3.05, 3.63) is 34.9 Å². The van der Waals surface area contributed by atoms with Gasteiger partial charge in [-0.05, 0) is 49.3 Å². The van der Waals surface area contributed by atoms with E-state index in [0.29, 0.717) is 30.6 Å². The Hall–Kier alpha value is -0.810. The van der Waals surface area contributed by atoms with Crippen LogP contribution in [0.2, 0.25) is 5.02 Å². The van der Waals surface area contributed by atoms with E-state index in [1.165, 1.54) is 0 Å². The summed E-state index contributed by atoms with van der Waals surface area (Å²) in [4.78, 5) is 12.6. The molecule has 24 heavy (non-hydrogen) atoms. The van der Waals surface area contributed by atoms with Crippen molar-refractivity contribution in [3.8, 4) is 0 Å². The average Bonchev–Trinajstić information content (AvgIpc) is 2.93. The van der Waals surface area contributed by atoms with E-state index in [0.717, 1.165) is 37.7 Å². The smallest absolute Gasteiger partial charge is 0.221 e. The molecule has 0 spiro atoms. The SMILES string of the molecule is Cl.N[C@@H]1CCC[C@H]1CC(=O)NC1(c2ccc(Cl)cc2)CCOCC1. The number of nitrogens with one attached hydrogen (secondary N) is 1. The lowest BCUT2D eigenvalue weighted by molar-refractivity contribution is -0.125. The summed E-state index contributed by atoms with van der Waals surface area (Å²) < 4.78 is 5.50. The Kier molecular flexibility index (Phi) is 6.93. The predicted octanol–water partition coefficient (Wildman–Crippen LogP) is 3.40. The normalized spacial score (nSPS) is 25.8. The summed E-state index contributed by atoms with van der Waals surface area (Å²) >= 11 is 6.01. The lowest BCUT2D eigenvalue weighted by Crippen LogP contribution is -2.50. The topological polar surface area (TPSA) is 64.4 Å². The van der Waals surface area contributed by atoms with Crippen LogP contribution >= 0.6 is 24.0 Å². The highest BCUT2D eigenvalue weighted by molar-refractivity contribution is 6.30. The molecule has 1 aromatic carbocycles. The first-order valence-corrected chi connectivity index (χ1v) is 8.87. The van der Waals surface area contributed by atoms with Crippen LogP contribution in [0.4, 0.5) is 0 Å². The van der Waals surface area contributed by atoms with E-state index in [2.05, 4.69) is 5.32 Å². The second kappa shape index (κ2) is 8.52. The van der Waals surface area contributed by atoms with Crippen LogP contribution in [-0.2, 0) is 15.1 Å². The van der Waals surface area contributed by atoms with Crippen molar-refractivity contribution in [2.75, 3.05) is 13.2 Å². The fourth-order valence-corrected chi connectivity index (χ4v) is 3.98. The monoisotopic (exact) mass is 372 g/mol. The maximum atomic E-state index is 12.6. The van der Waals surface area contributed by atoms with Gasteiger partial charge in [0.05, 0.1) is 5.54 Å². The van der Waals surface area contributed by atoms with Gasteiger partial charge in [0, 0.05) is 30.7 Å². The number of halogens is 2. The van der Waals surface area contributed by atoms with Crippen LogP contribution in [0.1, 0.15) is 44.1 Å². The Balaban J connectivity index is 0.00000208. The van der Waals surface area contributed by atoms with Crippen LogP contribution in [0, 0.1) is 5.92 Å². The lowest BCUT2D eigenvalue weighted by atomic mass is 9.82. The van der Waals surface area contributed by atoms with Gasteiger partial charge in [-0.2, -0.15) is 0 Å². The Labute approximate surface area is 154 Å². The third-order valence-corrected chi connectivity index (χ3v) is 5.54. The molecule has 1 amide bonds. The molecule has 134 valence electrons. The number of ether oxygens (including phenoxy) is 1. The van der Waals surface area contributed by atoms with E-state index < -0.39 is 0 Å². The molecule has 4 nitrogen and oxygen atoms in total. The van der Waals surface area contributed by atoms with Crippen molar-refractivity contribution in [3.63, 3.8) is 0 Å². The minimum Gasteiger partial charge on any atom is -0.381 e. The number of hydrogen-bond acceptors (Lipinski definition) is 3. The van der Waals surface area contributed by atoms with Crippen LogP contribution in [0.3, 0.4) is 0 Å². The predicted molar refractivity (Wildman–Crippen MR) is 98.5 cm³/mol. The van der Waals surface area contributed by atoms with Crippen LogP contribution in [-0.4, -0.2) is 25.2 Å². The van der Waals surface area contributed by atoms with E-state index in [-0.39, 0.29) is 29.9 Å². The molecule has 0 unspecified atom stereocenters. The highest BCUT2D eigenvalue weighted by Gasteiger charge is 2.37. The van der Waals surface area contributed by atoms with Gasteiger partial charge in [0.1, 0.15) is 0 Å². The maximum Gasteiger partial charge on any atom is 0.221 e. The molecular formula is C18H26Cl2N2O2. The molecule has 1 saturated carbocycles. The first-order chi connectivity index (χ1) is 11.1. The van der Waals surface area contributed by atoms with Crippen molar-refractivity contribution in [2.45, 2.75) is 50.1 Å². The highest BCUT2D eigenvalue weighted by atomic mass is 35.5. The van der Waals surface area contributed by atoms with Gasteiger partial charge in [0.2, 0.25) is 5.91 Å². The van der Waals surface area contributed by atoms with Gasteiger partial charge in [0.25, 0.3) is 0 Å². The molecule has 2 aliphatic rings. The quantitative estimate of drug-likeness (QED) is 0.850. The fourth-order valence-electron chi connectivity index (χ4n) is 3.85. The molecule has 2 atom stereocenters. The van der Waals surface area contributed by atoms with E-state index in [1.54, 1.807) is 0 Å². The summed E-state index contributed by atoms with van der Waals surface area (Å²) in [6.45, 7) is 1.32. The van der Waals surface area contributed by atoms with Crippen molar-refractivity contribution in [1.29, 1.82) is 0 Å². The Morgan fingerprint density at radius 3 is 2.50 bits per heavy atom. The Morgan fingerprint density at radius 2 is 1.92 bits per heavy atom. The molecule has 2 fully saturated rings. The zero-order valence-corrected chi connectivity index (χ0v) is 15.4. The van der Waals surface area contributed by atoms with Crippen LogP contribution < -0.4 is 11.1 Å². The zero-order valence-electron chi connectivity index (χ0n) is 13.8. The molecule has 1 aromatic rings.